The molecule has 7 heteroatoms. The van der Waals surface area contributed by atoms with E-state index in [9.17, 15) is 14.7 Å². The van der Waals surface area contributed by atoms with Crippen LogP contribution in [0.25, 0.3) is 16.6 Å². The molecule has 0 saturated heterocycles. The van der Waals surface area contributed by atoms with Crippen molar-refractivity contribution in [2.45, 2.75) is 45.8 Å². The third-order valence-electron chi connectivity index (χ3n) is 6.89. The molecule has 0 atom stereocenters. The lowest BCUT2D eigenvalue weighted by molar-refractivity contribution is -0.255. The largest absolute Gasteiger partial charge is 0.545 e. The number of aromatic carboxylic acids is 1. The minimum absolute atomic E-state index is 0.0875. The van der Waals surface area contributed by atoms with Gasteiger partial charge in [-0.05, 0) is 65.1 Å². The van der Waals surface area contributed by atoms with Crippen molar-refractivity contribution in [3.63, 3.8) is 0 Å². The quantitative estimate of drug-likeness (QED) is 0.330. The lowest BCUT2D eigenvalue weighted by atomic mass is 9.93. The molecule has 5 rings (SSSR count). The summed E-state index contributed by atoms with van der Waals surface area (Å²) in [4.78, 5) is 28.7. The third-order valence-corrected chi connectivity index (χ3v) is 6.89. The average molecular weight is 509 g/mol. The van der Waals surface area contributed by atoms with E-state index in [1.807, 2.05) is 47.0 Å². The number of allylic oxidation sites excluding steroid dienone is 1. The molecular weight excluding hydrogens is 478 g/mol. The Morgan fingerprint density at radius 3 is 2.71 bits per heavy atom. The fourth-order valence-electron chi connectivity index (χ4n) is 4.82. The maximum Gasteiger partial charge on any atom is 0.251 e. The number of nitrogens with one attached hydrogen (secondary N) is 1. The molecule has 38 heavy (non-hydrogen) atoms. The molecule has 2 heterocycles. The molecule has 0 bridgehead atoms. The van der Waals surface area contributed by atoms with Crippen molar-refractivity contribution < 1.29 is 19.4 Å². The topological polar surface area (TPSA) is 96.3 Å². The second-order valence-corrected chi connectivity index (χ2v) is 9.48. The summed E-state index contributed by atoms with van der Waals surface area (Å²) in [6.07, 6.45) is 8.25. The Bertz CT molecular complexity index is 1520. The van der Waals surface area contributed by atoms with Gasteiger partial charge in [-0.3, -0.25) is 4.79 Å². The molecule has 7 nitrogen and oxygen atoms in total. The van der Waals surface area contributed by atoms with Gasteiger partial charge in [0.25, 0.3) is 5.91 Å². The van der Waals surface area contributed by atoms with Crippen LogP contribution in [-0.4, -0.2) is 28.0 Å². The number of benzene rings is 3. The van der Waals surface area contributed by atoms with E-state index in [1.54, 1.807) is 18.5 Å². The van der Waals surface area contributed by atoms with Gasteiger partial charge in [0.05, 0.1) is 23.3 Å². The summed E-state index contributed by atoms with van der Waals surface area (Å²) in [5.74, 6) is -0.695. The SMILES string of the molecule is CCCCCCNC(=O)c1ccc2c(c1)ncn2C/C=C1\c2ccccc2COc2ccc(C(=O)[O-])cc21. The number of ether oxygens (including phenoxy) is 1. The van der Waals surface area contributed by atoms with Crippen molar-refractivity contribution >= 4 is 28.5 Å². The highest BCUT2D eigenvalue weighted by Crippen LogP contribution is 2.37. The normalized spacial score (nSPS) is 13.4. The number of unbranched alkanes of at least 4 members (excludes halogenated alkanes) is 3. The van der Waals surface area contributed by atoms with E-state index in [2.05, 4.69) is 23.3 Å². The highest BCUT2D eigenvalue weighted by atomic mass is 16.5. The van der Waals surface area contributed by atoms with Gasteiger partial charge in [-0.25, -0.2) is 4.98 Å². The molecule has 0 unspecified atom stereocenters. The van der Waals surface area contributed by atoms with E-state index in [4.69, 9.17) is 4.74 Å². The van der Waals surface area contributed by atoms with Crippen molar-refractivity contribution in [2.75, 3.05) is 6.54 Å². The van der Waals surface area contributed by atoms with E-state index in [1.165, 1.54) is 12.5 Å². The van der Waals surface area contributed by atoms with Crippen LogP contribution in [0.1, 0.15) is 70.0 Å². The summed E-state index contributed by atoms with van der Waals surface area (Å²) in [5.41, 5.74) is 5.94. The van der Waals surface area contributed by atoms with Crippen LogP contribution in [0.2, 0.25) is 0 Å². The highest BCUT2D eigenvalue weighted by molar-refractivity contribution is 5.97. The third kappa shape index (κ3) is 5.32. The first kappa shape index (κ1) is 25.3. The van der Waals surface area contributed by atoms with E-state index < -0.39 is 5.97 Å². The van der Waals surface area contributed by atoms with Gasteiger partial charge in [-0.1, -0.05) is 56.5 Å². The minimum atomic E-state index is -1.23. The zero-order valence-electron chi connectivity index (χ0n) is 21.4. The van der Waals surface area contributed by atoms with Crippen molar-refractivity contribution in [3.8, 4) is 5.75 Å². The number of carbonyl (C=O) groups excluding carboxylic acids is 2. The molecule has 0 aliphatic carbocycles. The van der Waals surface area contributed by atoms with E-state index in [-0.39, 0.29) is 11.5 Å². The number of aromatic nitrogens is 2. The smallest absolute Gasteiger partial charge is 0.251 e. The van der Waals surface area contributed by atoms with Crippen LogP contribution in [0, 0.1) is 0 Å². The Morgan fingerprint density at radius 1 is 1.03 bits per heavy atom. The Balaban J connectivity index is 1.43. The van der Waals surface area contributed by atoms with Crippen molar-refractivity contribution in [1.29, 1.82) is 0 Å². The molecule has 1 aliphatic rings. The first-order valence-corrected chi connectivity index (χ1v) is 13.0. The fourth-order valence-corrected chi connectivity index (χ4v) is 4.82. The standard InChI is InChI=1S/C31H31N3O4/c1-2-3-4-7-15-32-30(35)21-10-12-28-27(18-21)33-20-34(28)16-14-25-24-9-6-5-8-23(24)19-38-29-13-11-22(31(36)37)17-26(25)29/h5-6,8-14,17-18,20H,2-4,7,15-16,19H2,1H3,(H,32,35)(H,36,37)/p-1/b25-14+. The predicted molar refractivity (Wildman–Crippen MR) is 145 cm³/mol. The number of hydrogen-bond acceptors (Lipinski definition) is 5. The predicted octanol–water partition coefficient (Wildman–Crippen LogP) is 4.73. The Kier molecular flexibility index (Phi) is 7.54. The van der Waals surface area contributed by atoms with Crippen molar-refractivity contribution in [2.24, 2.45) is 0 Å². The zero-order chi connectivity index (χ0) is 26.5. The average Bonchev–Trinajstić information content (AvgIpc) is 3.27. The number of rotatable bonds is 9. The molecule has 0 spiro atoms. The van der Waals surface area contributed by atoms with Crippen molar-refractivity contribution in [3.05, 3.63) is 101 Å². The second-order valence-electron chi connectivity index (χ2n) is 9.48. The van der Waals surface area contributed by atoms with Gasteiger partial charge in [0, 0.05) is 24.2 Å². The van der Waals surface area contributed by atoms with Gasteiger partial charge in [-0.2, -0.15) is 0 Å². The van der Waals surface area contributed by atoms with Gasteiger partial charge in [0.1, 0.15) is 12.4 Å². The summed E-state index contributed by atoms with van der Waals surface area (Å²) < 4.78 is 8.02. The summed E-state index contributed by atoms with van der Waals surface area (Å²) in [6, 6.07) is 18.3. The molecule has 1 amide bonds. The van der Waals surface area contributed by atoms with Crippen LogP contribution in [0.15, 0.2) is 73.1 Å². The van der Waals surface area contributed by atoms with Gasteiger partial charge in [-0.15, -0.1) is 0 Å². The number of carbonyl (C=O) groups is 2. The van der Waals surface area contributed by atoms with Crippen LogP contribution >= 0.6 is 0 Å². The Labute approximate surface area is 221 Å². The van der Waals surface area contributed by atoms with Gasteiger partial charge in [0.2, 0.25) is 0 Å². The number of carboxylic acids is 1. The van der Waals surface area contributed by atoms with E-state index in [0.29, 0.717) is 36.6 Å². The van der Waals surface area contributed by atoms with Crippen LogP contribution in [0.4, 0.5) is 0 Å². The number of nitrogens with zero attached hydrogens (tertiary/aromatic N) is 2. The van der Waals surface area contributed by atoms with Crippen LogP contribution in [0.3, 0.4) is 0 Å². The number of fused-ring (bicyclic) bond motifs is 3. The zero-order valence-corrected chi connectivity index (χ0v) is 21.4. The highest BCUT2D eigenvalue weighted by Gasteiger charge is 2.20. The summed E-state index contributed by atoms with van der Waals surface area (Å²) in [7, 11) is 0. The lowest BCUT2D eigenvalue weighted by Crippen LogP contribution is -2.24. The molecule has 194 valence electrons. The van der Waals surface area contributed by atoms with Crippen LogP contribution < -0.4 is 15.2 Å². The van der Waals surface area contributed by atoms with Gasteiger partial charge in [0.15, 0.2) is 0 Å². The number of amides is 1. The molecule has 1 aromatic heterocycles. The second kappa shape index (κ2) is 11.3. The molecule has 3 aromatic carbocycles. The lowest BCUT2D eigenvalue weighted by Gasteiger charge is -2.13. The molecule has 0 radical (unpaired) electrons. The molecule has 4 aromatic rings. The van der Waals surface area contributed by atoms with Crippen LogP contribution in [0.5, 0.6) is 5.75 Å². The van der Waals surface area contributed by atoms with Crippen molar-refractivity contribution in [1.82, 2.24) is 14.9 Å². The summed E-state index contributed by atoms with van der Waals surface area (Å²) in [6.45, 7) is 3.73. The Morgan fingerprint density at radius 2 is 1.87 bits per heavy atom. The van der Waals surface area contributed by atoms with Crippen LogP contribution in [-0.2, 0) is 13.2 Å². The number of carboxylic acid groups (broad SMARTS) is 1. The molecular formula is C31H30N3O4-. The number of hydrogen-bond donors (Lipinski definition) is 1. The molecule has 1 aliphatic heterocycles. The van der Waals surface area contributed by atoms with E-state index >= 15 is 0 Å². The molecule has 1 N–H and O–H groups in total. The monoisotopic (exact) mass is 508 g/mol. The first-order valence-electron chi connectivity index (χ1n) is 13.0. The molecule has 0 saturated carbocycles. The summed E-state index contributed by atoms with van der Waals surface area (Å²) in [5, 5.41) is 14.6. The van der Waals surface area contributed by atoms with Gasteiger partial charge < -0.3 is 24.5 Å². The maximum absolute atomic E-state index is 12.6. The summed E-state index contributed by atoms with van der Waals surface area (Å²) >= 11 is 0. The number of imidazole rings is 1. The Hall–Kier alpha value is -4.39. The maximum atomic E-state index is 12.6. The van der Waals surface area contributed by atoms with Gasteiger partial charge >= 0.3 is 0 Å². The first-order chi connectivity index (χ1) is 18.5. The van der Waals surface area contributed by atoms with E-state index in [0.717, 1.165) is 47.0 Å². The molecule has 0 fully saturated rings. The fraction of sp³-hybridized carbons (Fsp3) is 0.258. The minimum Gasteiger partial charge on any atom is -0.545 e.